The zero-order chi connectivity index (χ0) is 15.0. The van der Waals surface area contributed by atoms with Crippen LogP contribution in [-0.2, 0) is 9.53 Å². The van der Waals surface area contributed by atoms with Gasteiger partial charge in [-0.1, -0.05) is 6.92 Å². The molecule has 0 saturated carbocycles. The molecule has 0 aromatic rings. The number of rotatable bonds is 1. The van der Waals surface area contributed by atoms with Crippen molar-refractivity contribution in [1.29, 1.82) is 0 Å². The molecule has 0 bridgehead atoms. The van der Waals surface area contributed by atoms with E-state index in [1.165, 1.54) is 0 Å². The maximum absolute atomic E-state index is 12.3. The second kappa shape index (κ2) is 5.26. The highest BCUT2D eigenvalue weighted by Gasteiger charge is 2.51. The predicted molar refractivity (Wildman–Crippen MR) is 76.3 cm³/mol. The summed E-state index contributed by atoms with van der Waals surface area (Å²) in [5.41, 5.74) is -0.893. The van der Waals surface area contributed by atoms with Gasteiger partial charge < -0.3 is 15.0 Å². The van der Waals surface area contributed by atoms with E-state index in [1.54, 1.807) is 4.90 Å². The number of hydrogen-bond acceptors (Lipinski definition) is 3. The van der Waals surface area contributed by atoms with Crippen molar-refractivity contribution in [2.24, 2.45) is 5.41 Å². The molecule has 2 saturated heterocycles. The first kappa shape index (κ1) is 15.1. The molecule has 2 aliphatic rings. The number of amides is 2. The summed E-state index contributed by atoms with van der Waals surface area (Å²) in [5, 5.41) is 2.95. The van der Waals surface area contributed by atoms with Crippen LogP contribution in [0.2, 0.25) is 0 Å². The number of carbonyl (C=O) groups is 2. The van der Waals surface area contributed by atoms with Crippen molar-refractivity contribution >= 4 is 12.0 Å². The largest absolute Gasteiger partial charge is 0.444 e. The molecule has 0 unspecified atom stereocenters. The third kappa shape index (κ3) is 2.91. The summed E-state index contributed by atoms with van der Waals surface area (Å²) in [7, 11) is 0. The molecule has 2 heterocycles. The van der Waals surface area contributed by atoms with Crippen LogP contribution in [0.5, 0.6) is 0 Å². The lowest BCUT2D eigenvalue weighted by atomic mass is 9.78. The van der Waals surface area contributed by atoms with Gasteiger partial charge in [-0.25, -0.2) is 4.79 Å². The Labute approximate surface area is 121 Å². The Kier molecular flexibility index (Phi) is 3.98. The number of carbonyl (C=O) groups excluding carboxylic acids is 2. The van der Waals surface area contributed by atoms with E-state index in [-0.39, 0.29) is 18.0 Å². The van der Waals surface area contributed by atoms with Gasteiger partial charge in [0.1, 0.15) is 5.60 Å². The average Bonchev–Trinajstić information content (AvgIpc) is 2.71. The molecule has 2 amide bonds. The number of piperidine rings is 1. The highest BCUT2D eigenvalue weighted by molar-refractivity contribution is 5.85. The fraction of sp³-hybridized carbons (Fsp3) is 0.867. The number of nitrogens with one attached hydrogen (secondary N) is 1. The smallest absolute Gasteiger partial charge is 0.410 e. The molecule has 0 aromatic carbocycles. The lowest BCUT2D eigenvalue weighted by Crippen LogP contribution is -2.48. The molecule has 2 atom stereocenters. The van der Waals surface area contributed by atoms with E-state index in [1.807, 2.05) is 20.8 Å². The summed E-state index contributed by atoms with van der Waals surface area (Å²) in [6.07, 6.45) is 3.18. The van der Waals surface area contributed by atoms with Crippen LogP contribution in [0.25, 0.3) is 0 Å². The molecule has 5 nitrogen and oxygen atoms in total. The maximum Gasteiger partial charge on any atom is 0.410 e. The van der Waals surface area contributed by atoms with Crippen molar-refractivity contribution in [2.75, 3.05) is 13.1 Å². The van der Waals surface area contributed by atoms with Gasteiger partial charge in [-0.05, 0) is 46.5 Å². The second-order valence-corrected chi connectivity index (χ2v) is 7.01. The van der Waals surface area contributed by atoms with Crippen molar-refractivity contribution in [3.8, 4) is 0 Å². The quantitative estimate of drug-likeness (QED) is 0.803. The maximum atomic E-state index is 12.3. The molecule has 0 aromatic heterocycles. The third-order valence-corrected chi connectivity index (χ3v) is 4.24. The van der Waals surface area contributed by atoms with E-state index >= 15 is 0 Å². The summed E-state index contributed by atoms with van der Waals surface area (Å²) in [4.78, 5) is 26.3. The highest BCUT2D eigenvalue weighted by atomic mass is 16.6. The number of ether oxygens (including phenoxy) is 1. The van der Waals surface area contributed by atoms with Crippen LogP contribution in [0.1, 0.15) is 53.4 Å². The second-order valence-electron chi connectivity index (χ2n) is 7.01. The van der Waals surface area contributed by atoms with Gasteiger partial charge >= 0.3 is 6.09 Å². The van der Waals surface area contributed by atoms with Crippen molar-refractivity contribution in [1.82, 2.24) is 10.2 Å². The zero-order valence-electron chi connectivity index (χ0n) is 13.0. The third-order valence-electron chi connectivity index (χ3n) is 4.24. The van der Waals surface area contributed by atoms with Crippen LogP contribution >= 0.6 is 0 Å². The van der Waals surface area contributed by atoms with Crippen LogP contribution < -0.4 is 5.32 Å². The van der Waals surface area contributed by atoms with Crippen molar-refractivity contribution in [3.63, 3.8) is 0 Å². The molecule has 0 radical (unpaired) electrons. The van der Waals surface area contributed by atoms with Crippen LogP contribution in [0.15, 0.2) is 0 Å². The van der Waals surface area contributed by atoms with Gasteiger partial charge in [-0.15, -0.1) is 0 Å². The van der Waals surface area contributed by atoms with Gasteiger partial charge in [0, 0.05) is 19.1 Å². The molecule has 5 heteroatoms. The van der Waals surface area contributed by atoms with Crippen molar-refractivity contribution in [2.45, 2.75) is 65.0 Å². The van der Waals surface area contributed by atoms with Crippen LogP contribution in [0, 0.1) is 5.41 Å². The molecule has 2 fully saturated rings. The molecule has 114 valence electrons. The lowest BCUT2D eigenvalue weighted by molar-refractivity contribution is -0.132. The molecule has 2 aliphatic heterocycles. The first-order valence-electron chi connectivity index (χ1n) is 7.55. The Hall–Kier alpha value is -1.26. The van der Waals surface area contributed by atoms with Gasteiger partial charge in [0.15, 0.2) is 0 Å². The van der Waals surface area contributed by atoms with E-state index in [4.69, 9.17) is 4.74 Å². The summed E-state index contributed by atoms with van der Waals surface area (Å²) in [6, 6.07) is 0.105. The highest BCUT2D eigenvalue weighted by Crippen LogP contribution is 2.42. The Morgan fingerprint density at radius 1 is 1.50 bits per heavy atom. The van der Waals surface area contributed by atoms with E-state index < -0.39 is 11.0 Å². The Balaban J connectivity index is 2.14. The minimum atomic E-state index is -0.500. The summed E-state index contributed by atoms with van der Waals surface area (Å²) >= 11 is 0. The molecule has 2 rings (SSSR count). The monoisotopic (exact) mass is 282 g/mol. The van der Waals surface area contributed by atoms with Crippen molar-refractivity contribution < 1.29 is 14.3 Å². The molecular formula is C15H26N2O3. The molecular weight excluding hydrogens is 256 g/mol. The minimum Gasteiger partial charge on any atom is -0.444 e. The van der Waals surface area contributed by atoms with E-state index in [9.17, 15) is 9.59 Å². The zero-order valence-corrected chi connectivity index (χ0v) is 13.0. The number of nitrogens with zero attached hydrogens (tertiary/aromatic N) is 1. The summed E-state index contributed by atoms with van der Waals surface area (Å²) in [6.45, 7) is 8.90. The summed E-state index contributed by atoms with van der Waals surface area (Å²) in [5.74, 6) is 0.105. The van der Waals surface area contributed by atoms with Gasteiger partial charge in [0.2, 0.25) is 5.91 Å². The number of hydrogen-bond donors (Lipinski definition) is 1. The van der Waals surface area contributed by atoms with E-state index in [2.05, 4.69) is 12.2 Å². The van der Waals surface area contributed by atoms with Gasteiger partial charge in [0.25, 0.3) is 0 Å². The Morgan fingerprint density at radius 3 is 2.75 bits per heavy atom. The lowest BCUT2D eigenvalue weighted by Gasteiger charge is -2.32. The van der Waals surface area contributed by atoms with Gasteiger partial charge in [-0.3, -0.25) is 4.79 Å². The predicted octanol–water partition coefficient (Wildman–Crippen LogP) is 2.30. The fourth-order valence-electron chi connectivity index (χ4n) is 3.26. The number of likely N-dealkylation sites (tertiary alicyclic amines) is 1. The normalized spacial score (nSPS) is 30.5. The SMILES string of the molecule is CC[C@@H]1C[C@]2(CCCNC2=O)CN1C(=O)OC(C)(C)C. The first-order valence-corrected chi connectivity index (χ1v) is 7.55. The Morgan fingerprint density at radius 2 is 2.20 bits per heavy atom. The van der Waals surface area contributed by atoms with Crippen LogP contribution in [0.4, 0.5) is 4.79 Å². The molecule has 1 spiro atoms. The van der Waals surface area contributed by atoms with E-state index in [0.717, 1.165) is 32.2 Å². The fourth-order valence-corrected chi connectivity index (χ4v) is 3.26. The van der Waals surface area contributed by atoms with Gasteiger partial charge in [-0.2, -0.15) is 0 Å². The molecule has 0 aliphatic carbocycles. The molecule has 1 N–H and O–H groups in total. The average molecular weight is 282 g/mol. The first-order chi connectivity index (χ1) is 9.27. The summed E-state index contributed by atoms with van der Waals surface area (Å²) < 4.78 is 5.48. The Bertz CT molecular complexity index is 402. The standard InChI is InChI=1S/C15H26N2O3/c1-5-11-9-15(7-6-8-16-12(15)18)10-17(11)13(19)20-14(2,3)4/h11H,5-10H2,1-4H3,(H,16,18)/t11-,15-/m1/s1. The minimum absolute atomic E-state index is 0.105. The van der Waals surface area contributed by atoms with Crippen molar-refractivity contribution in [3.05, 3.63) is 0 Å². The van der Waals surface area contributed by atoms with Crippen LogP contribution in [-0.4, -0.2) is 41.6 Å². The van der Waals surface area contributed by atoms with Crippen LogP contribution in [0.3, 0.4) is 0 Å². The van der Waals surface area contributed by atoms with Gasteiger partial charge in [0.05, 0.1) is 5.41 Å². The van der Waals surface area contributed by atoms with E-state index in [0.29, 0.717) is 6.54 Å². The topological polar surface area (TPSA) is 58.6 Å². The molecule has 20 heavy (non-hydrogen) atoms.